The molecule has 1 amide bonds. The Balaban J connectivity index is 1.26. The maximum atomic E-state index is 13.4. The van der Waals surface area contributed by atoms with Gasteiger partial charge in [-0.1, -0.05) is 6.92 Å². The zero-order valence-electron chi connectivity index (χ0n) is 20.1. The lowest BCUT2D eigenvalue weighted by Crippen LogP contribution is -2.51. The highest BCUT2D eigenvalue weighted by Crippen LogP contribution is 2.30. The molecule has 0 N–H and O–H groups in total. The van der Waals surface area contributed by atoms with Gasteiger partial charge in [0.25, 0.3) is 5.91 Å². The van der Waals surface area contributed by atoms with Crippen LogP contribution in [-0.2, 0) is 25.9 Å². The minimum absolute atomic E-state index is 0.170. The van der Waals surface area contributed by atoms with Gasteiger partial charge in [-0.15, -0.1) is 0 Å². The van der Waals surface area contributed by atoms with Crippen LogP contribution >= 0.6 is 0 Å². The zero-order chi connectivity index (χ0) is 22.6. The molecule has 33 heavy (non-hydrogen) atoms. The Labute approximate surface area is 197 Å². The fourth-order valence-corrected chi connectivity index (χ4v) is 5.83. The van der Waals surface area contributed by atoms with Gasteiger partial charge >= 0.3 is 0 Å². The van der Waals surface area contributed by atoms with Gasteiger partial charge in [-0.25, -0.2) is 0 Å². The van der Waals surface area contributed by atoms with Gasteiger partial charge in [-0.05, 0) is 62.6 Å². The second-order valence-corrected chi connectivity index (χ2v) is 9.91. The van der Waals surface area contributed by atoms with Crippen LogP contribution in [0.2, 0.25) is 0 Å². The van der Waals surface area contributed by atoms with Crippen molar-refractivity contribution in [2.75, 3.05) is 39.3 Å². The molecule has 1 unspecified atom stereocenters. The van der Waals surface area contributed by atoms with Crippen LogP contribution in [0.15, 0.2) is 24.5 Å². The highest BCUT2D eigenvalue weighted by Gasteiger charge is 2.34. The number of nitrogens with zero attached hydrogens (tertiary/aromatic N) is 6. The summed E-state index contributed by atoms with van der Waals surface area (Å²) in [5, 5.41) is 4.89. The SMILES string of the molecule is CCCn1nc(C(=O)N2CCCCC2)c2c1CCC(N1CCN(Cc3ccncc3)CC1)C2. The standard InChI is InChI=1S/C26H38N6O/c1-2-12-32-24-7-6-22(19-23(24)25(28-32)26(33)31-13-4-3-5-14-31)30-17-15-29(16-18-30)20-21-8-10-27-11-9-21/h8-11,22H,2-7,12-20H2,1H3. The van der Waals surface area contributed by atoms with Gasteiger partial charge in [0.2, 0.25) is 0 Å². The van der Waals surface area contributed by atoms with Crippen molar-refractivity contribution in [2.24, 2.45) is 0 Å². The van der Waals surface area contributed by atoms with Gasteiger partial charge in [0.15, 0.2) is 5.69 Å². The summed E-state index contributed by atoms with van der Waals surface area (Å²) in [7, 11) is 0. The Kier molecular flexibility index (Phi) is 7.07. The molecule has 0 spiro atoms. The molecule has 4 heterocycles. The summed E-state index contributed by atoms with van der Waals surface area (Å²) in [5.41, 5.74) is 4.66. The molecule has 178 valence electrons. The van der Waals surface area contributed by atoms with Crippen molar-refractivity contribution in [3.63, 3.8) is 0 Å². The zero-order valence-corrected chi connectivity index (χ0v) is 20.1. The van der Waals surface area contributed by atoms with Crippen molar-refractivity contribution in [3.05, 3.63) is 47.0 Å². The molecule has 2 aromatic rings. The molecule has 0 saturated carbocycles. The number of carbonyl (C=O) groups excluding carboxylic acids is 1. The molecule has 2 fully saturated rings. The van der Waals surface area contributed by atoms with Crippen LogP contribution in [0.25, 0.3) is 0 Å². The smallest absolute Gasteiger partial charge is 0.274 e. The summed E-state index contributed by atoms with van der Waals surface area (Å²) >= 11 is 0. The molecule has 0 aromatic carbocycles. The molecule has 7 heteroatoms. The Morgan fingerprint density at radius 2 is 1.79 bits per heavy atom. The molecular weight excluding hydrogens is 412 g/mol. The van der Waals surface area contributed by atoms with Gasteiger partial charge in [-0.2, -0.15) is 5.10 Å². The van der Waals surface area contributed by atoms with E-state index < -0.39 is 0 Å². The summed E-state index contributed by atoms with van der Waals surface area (Å²) in [5.74, 6) is 0.170. The lowest BCUT2D eigenvalue weighted by Gasteiger charge is -2.41. The molecule has 7 nitrogen and oxygen atoms in total. The Bertz CT molecular complexity index is 928. The summed E-state index contributed by atoms with van der Waals surface area (Å²) in [6.45, 7) is 10.3. The number of aryl methyl sites for hydroxylation is 1. The van der Waals surface area contributed by atoms with E-state index in [2.05, 4.69) is 38.5 Å². The van der Waals surface area contributed by atoms with E-state index in [1.54, 1.807) is 0 Å². The Morgan fingerprint density at radius 3 is 2.52 bits per heavy atom. The number of amides is 1. The molecule has 0 radical (unpaired) electrons. The second kappa shape index (κ2) is 10.3. The summed E-state index contributed by atoms with van der Waals surface area (Å²) in [6.07, 6.45) is 11.5. The number of piperazine rings is 1. The number of hydrogen-bond acceptors (Lipinski definition) is 5. The summed E-state index contributed by atoms with van der Waals surface area (Å²) < 4.78 is 2.15. The fourth-order valence-electron chi connectivity index (χ4n) is 5.83. The average molecular weight is 451 g/mol. The van der Waals surface area contributed by atoms with Gasteiger partial charge in [0.1, 0.15) is 0 Å². The van der Waals surface area contributed by atoms with Gasteiger partial charge in [-0.3, -0.25) is 24.3 Å². The molecule has 2 saturated heterocycles. The quantitative estimate of drug-likeness (QED) is 0.677. The minimum Gasteiger partial charge on any atom is -0.337 e. The van der Waals surface area contributed by atoms with Crippen LogP contribution < -0.4 is 0 Å². The molecular formula is C26H38N6O. The number of rotatable bonds is 6. The van der Waals surface area contributed by atoms with Gasteiger partial charge < -0.3 is 4.90 Å². The number of fused-ring (bicyclic) bond motifs is 1. The van der Waals surface area contributed by atoms with E-state index >= 15 is 0 Å². The van der Waals surface area contributed by atoms with Crippen molar-refractivity contribution in [1.82, 2.24) is 29.5 Å². The van der Waals surface area contributed by atoms with Crippen LogP contribution in [0.3, 0.4) is 0 Å². The maximum absolute atomic E-state index is 13.4. The van der Waals surface area contributed by atoms with Crippen LogP contribution in [0.4, 0.5) is 0 Å². The third-order valence-electron chi connectivity index (χ3n) is 7.68. The van der Waals surface area contributed by atoms with Crippen molar-refractivity contribution in [3.8, 4) is 0 Å². The first-order valence-corrected chi connectivity index (χ1v) is 13.0. The summed E-state index contributed by atoms with van der Waals surface area (Å²) in [6, 6.07) is 4.75. The lowest BCUT2D eigenvalue weighted by molar-refractivity contribution is 0.0712. The molecule has 0 bridgehead atoms. The predicted molar refractivity (Wildman–Crippen MR) is 129 cm³/mol. The number of piperidine rings is 1. The number of carbonyl (C=O) groups is 1. The van der Waals surface area contributed by atoms with E-state index in [0.717, 1.165) is 90.2 Å². The molecule has 3 aliphatic rings. The largest absolute Gasteiger partial charge is 0.337 e. The molecule has 1 atom stereocenters. The number of hydrogen-bond donors (Lipinski definition) is 0. The highest BCUT2D eigenvalue weighted by atomic mass is 16.2. The van der Waals surface area contributed by atoms with E-state index in [4.69, 9.17) is 5.10 Å². The predicted octanol–water partition coefficient (Wildman–Crippen LogP) is 2.99. The monoisotopic (exact) mass is 450 g/mol. The first kappa shape index (κ1) is 22.5. The second-order valence-electron chi connectivity index (χ2n) is 9.91. The Morgan fingerprint density at radius 1 is 1.03 bits per heavy atom. The third-order valence-corrected chi connectivity index (χ3v) is 7.68. The number of pyridine rings is 1. The Hall–Kier alpha value is -2.25. The lowest BCUT2D eigenvalue weighted by atomic mass is 9.89. The fraction of sp³-hybridized carbons (Fsp3) is 0.654. The third kappa shape index (κ3) is 4.99. The van der Waals surface area contributed by atoms with E-state index in [-0.39, 0.29) is 5.91 Å². The number of aromatic nitrogens is 3. The minimum atomic E-state index is 0.170. The maximum Gasteiger partial charge on any atom is 0.274 e. The molecule has 1 aliphatic carbocycles. The van der Waals surface area contributed by atoms with Crippen LogP contribution in [0, 0.1) is 0 Å². The number of likely N-dealkylation sites (tertiary alicyclic amines) is 1. The topological polar surface area (TPSA) is 57.5 Å². The summed E-state index contributed by atoms with van der Waals surface area (Å²) in [4.78, 5) is 24.8. The van der Waals surface area contributed by atoms with Crippen LogP contribution in [-0.4, -0.2) is 80.7 Å². The van der Waals surface area contributed by atoms with Gasteiger partial charge in [0, 0.05) is 82.1 Å². The molecule has 5 rings (SSSR count). The van der Waals surface area contributed by atoms with Crippen molar-refractivity contribution in [1.29, 1.82) is 0 Å². The van der Waals surface area contributed by atoms with E-state index in [9.17, 15) is 4.79 Å². The van der Waals surface area contributed by atoms with E-state index in [1.165, 1.54) is 29.7 Å². The van der Waals surface area contributed by atoms with Gasteiger partial charge in [0.05, 0.1) is 0 Å². The molecule has 2 aliphatic heterocycles. The first-order chi connectivity index (χ1) is 16.2. The highest BCUT2D eigenvalue weighted by molar-refractivity contribution is 5.94. The van der Waals surface area contributed by atoms with E-state index in [0.29, 0.717) is 6.04 Å². The van der Waals surface area contributed by atoms with Crippen LogP contribution in [0.1, 0.15) is 66.3 Å². The van der Waals surface area contributed by atoms with Crippen molar-refractivity contribution in [2.45, 2.75) is 71.0 Å². The normalized spacial score (nSPS) is 22.3. The molecule has 2 aromatic heterocycles. The van der Waals surface area contributed by atoms with Crippen molar-refractivity contribution < 1.29 is 4.79 Å². The first-order valence-electron chi connectivity index (χ1n) is 13.0. The average Bonchev–Trinajstić information content (AvgIpc) is 3.23. The van der Waals surface area contributed by atoms with E-state index in [1.807, 2.05) is 17.3 Å². The van der Waals surface area contributed by atoms with Crippen LogP contribution in [0.5, 0.6) is 0 Å². The van der Waals surface area contributed by atoms with Crippen molar-refractivity contribution >= 4 is 5.91 Å².